The van der Waals surface area contributed by atoms with Gasteiger partial charge in [0.2, 0.25) is 0 Å². The van der Waals surface area contributed by atoms with Crippen LogP contribution in [0.25, 0.3) is 6.08 Å². The Morgan fingerprint density at radius 1 is 1.46 bits per heavy atom. The number of halogens is 1. The van der Waals surface area contributed by atoms with Gasteiger partial charge in [0.15, 0.2) is 0 Å². The maximum atomic E-state index is 8.83. The number of hydrogen-bond acceptors (Lipinski definition) is 1. The number of aliphatic hydroxyl groups excluding tert-OH is 1. The van der Waals surface area contributed by atoms with Gasteiger partial charge in [0.1, 0.15) is 0 Å². The Bertz CT molecular complexity index is 309. The third-order valence-electron chi connectivity index (χ3n) is 1.73. The quantitative estimate of drug-likeness (QED) is 0.771. The Kier molecular flexibility index (Phi) is 3.52. The molecule has 0 radical (unpaired) electrons. The molecule has 1 aromatic rings. The number of rotatable bonds is 2. The molecule has 0 heterocycles. The fourth-order valence-corrected chi connectivity index (χ4v) is 1.48. The Balaban J connectivity index is 3.02. The first-order chi connectivity index (χ1) is 6.11. The van der Waals surface area contributed by atoms with Gasteiger partial charge >= 0.3 is 0 Å². The third-order valence-corrected chi connectivity index (χ3v) is 1.95. The van der Waals surface area contributed by atoms with E-state index in [0.717, 1.165) is 21.7 Å². The minimum absolute atomic E-state index is 0.0889. The fraction of sp³-hybridized carbons (Fsp3) is 0.273. The van der Waals surface area contributed by atoms with Crippen LogP contribution < -0.4 is 0 Å². The second-order valence-electron chi connectivity index (χ2n) is 3.21. The molecule has 0 aliphatic carbocycles. The van der Waals surface area contributed by atoms with E-state index in [-0.39, 0.29) is 6.61 Å². The monoisotopic (exact) mass is 196 g/mol. The van der Waals surface area contributed by atoms with E-state index in [9.17, 15) is 0 Å². The van der Waals surface area contributed by atoms with Crippen LogP contribution >= 0.6 is 11.6 Å². The Labute approximate surface area is 83.7 Å². The van der Waals surface area contributed by atoms with Gasteiger partial charge in [-0.05, 0) is 42.7 Å². The van der Waals surface area contributed by atoms with Crippen LogP contribution in [-0.2, 0) is 0 Å². The predicted molar refractivity (Wildman–Crippen MR) is 56.9 cm³/mol. The Morgan fingerprint density at radius 2 is 2.15 bits per heavy atom. The Morgan fingerprint density at radius 3 is 2.69 bits per heavy atom. The second-order valence-corrected chi connectivity index (χ2v) is 3.65. The van der Waals surface area contributed by atoms with Gasteiger partial charge in [0.05, 0.1) is 6.61 Å². The van der Waals surface area contributed by atoms with E-state index in [4.69, 9.17) is 16.7 Å². The van der Waals surface area contributed by atoms with Crippen molar-refractivity contribution in [2.24, 2.45) is 0 Å². The van der Waals surface area contributed by atoms with E-state index in [1.807, 2.05) is 38.1 Å². The van der Waals surface area contributed by atoms with E-state index in [0.29, 0.717) is 0 Å². The summed E-state index contributed by atoms with van der Waals surface area (Å²) in [4.78, 5) is 0. The van der Waals surface area contributed by atoms with E-state index in [2.05, 4.69) is 0 Å². The molecule has 70 valence electrons. The molecular weight excluding hydrogens is 184 g/mol. The van der Waals surface area contributed by atoms with Crippen molar-refractivity contribution in [3.63, 3.8) is 0 Å². The lowest BCUT2D eigenvalue weighted by atomic mass is 10.1. The van der Waals surface area contributed by atoms with Crippen LogP contribution in [0.2, 0.25) is 5.02 Å². The molecule has 0 amide bonds. The smallest absolute Gasteiger partial charge is 0.0642 e. The van der Waals surface area contributed by atoms with Crippen LogP contribution in [-0.4, -0.2) is 11.7 Å². The van der Waals surface area contributed by atoms with Gasteiger partial charge in [-0.25, -0.2) is 0 Å². The zero-order valence-electron chi connectivity index (χ0n) is 7.84. The van der Waals surface area contributed by atoms with Gasteiger partial charge in [-0.3, -0.25) is 0 Å². The Hall–Kier alpha value is -0.790. The van der Waals surface area contributed by atoms with Crippen molar-refractivity contribution in [1.29, 1.82) is 0 Å². The molecule has 1 nitrogen and oxygen atoms in total. The number of aryl methyl sites for hydroxylation is 1. The molecule has 0 atom stereocenters. The predicted octanol–water partition coefficient (Wildman–Crippen LogP) is 3.04. The van der Waals surface area contributed by atoms with Crippen molar-refractivity contribution >= 4 is 17.7 Å². The zero-order chi connectivity index (χ0) is 9.84. The number of benzene rings is 1. The lowest BCUT2D eigenvalue weighted by molar-refractivity contribution is 0.332. The number of hydrogen-bond donors (Lipinski definition) is 1. The summed E-state index contributed by atoms with van der Waals surface area (Å²) in [5.74, 6) is 0. The summed E-state index contributed by atoms with van der Waals surface area (Å²) in [6.45, 7) is 3.97. The maximum Gasteiger partial charge on any atom is 0.0642 e. The van der Waals surface area contributed by atoms with Gasteiger partial charge in [0, 0.05) is 5.02 Å². The second kappa shape index (κ2) is 4.45. The topological polar surface area (TPSA) is 20.2 Å². The highest BCUT2D eigenvalue weighted by molar-refractivity contribution is 6.30. The molecule has 0 unspecified atom stereocenters. The highest BCUT2D eigenvalue weighted by Crippen LogP contribution is 2.16. The van der Waals surface area contributed by atoms with Crippen molar-refractivity contribution in [3.8, 4) is 0 Å². The molecule has 0 aromatic heterocycles. The summed E-state index contributed by atoms with van der Waals surface area (Å²) in [6.07, 6.45) is 1.93. The molecule has 0 saturated carbocycles. The molecule has 0 saturated heterocycles. The van der Waals surface area contributed by atoms with E-state index in [1.54, 1.807) is 0 Å². The lowest BCUT2D eigenvalue weighted by Crippen LogP contribution is -1.84. The molecule has 2 heteroatoms. The van der Waals surface area contributed by atoms with Crippen molar-refractivity contribution in [2.45, 2.75) is 13.8 Å². The van der Waals surface area contributed by atoms with Gasteiger partial charge in [-0.15, -0.1) is 0 Å². The van der Waals surface area contributed by atoms with Crippen molar-refractivity contribution in [1.82, 2.24) is 0 Å². The van der Waals surface area contributed by atoms with Gasteiger partial charge in [-0.2, -0.15) is 0 Å². The average Bonchev–Trinajstić information content (AvgIpc) is 2.02. The third kappa shape index (κ3) is 3.21. The SMILES string of the molecule is C/C(=C/c1cc(C)cc(Cl)c1)CO. The normalized spacial score (nSPS) is 11.8. The summed E-state index contributed by atoms with van der Waals surface area (Å²) in [5.41, 5.74) is 3.10. The van der Waals surface area contributed by atoms with Gasteiger partial charge in [-0.1, -0.05) is 23.7 Å². The summed E-state index contributed by atoms with van der Waals surface area (Å²) in [6, 6.07) is 5.83. The van der Waals surface area contributed by atoms with Crippen LogP contribution in [0, 0.1) is 6.92 Å². The maximum absolute atomic E-state index is 8.83. The first kappa shape index (κ1) is 10.3. The highest BCUT2D eigenvalue weighted by atomic mass is 35.5. The molecule has 1 aromatic carbocycles. The molecule has 0 aliphatic heterocycles. The van der Waals surface area contributed by atoms with Gasteiger partial charge in [0.25, 0.3) is 0 Å². The summed E-state index contributed by atoms with van der Waals surface area (Å²) in [7, 11) is 0. The minimum Gasteiger partial charge on any atom is -0.392 e. The molecule has 0 fully saturated rings. The van der Waals surface area contributed by atoms with Crippen molar-refractivity contribution in [3.05, 3.63) is 39.9 Å². The average molecular weight is 197 g/mol. The fourth-order valence-electron chi connectivity index (χ4n) is 1.18. The zero-order valence-corrected chi connectivity index (χ0v) is 8.60. The lowest BCUT2D eigenvalue weighted by Gasteiger charge is -2.00. The summed E-state index contributed by atoms with van der Waals surface area (Å²) in [5, 5.41) is 9.57. The van der Waals surface area contributed by atoms with Crippen LogP contribution in [0.4, 0.5) is 0 Å². The van der Waals surface area contributed by atoms with Crippen molar-refractivity contribution in [2.75, 3.05) is 6.61 Å². The van der Waals surface area contributed by atoms with E-state index >= 15 is 0 Å². The van der Waals surface area contributed by atoms with E-state index in [1.165, 1.54) is 0 Å². The molecule has 0 aliphatic rings. The molecule has 0 spiro atoms. The van der Waals surface area contributed by atoms with Crippen molar-refractivity contribution < 1.29 is 5.11 Å². The highest BCUT2D eigenvalue weighted by Gasteiger charge is 1.94. The first-order valence-corrected chi connectivity index (χ1v) is 4.55. The number of aliphatic hydroxyl groups is 1. The molecule has 13 heavy (non-hydrogen) atoms. The van der Waals surface area contributed by atoms with Crippen LogP contribution in [0.5, 0.6) is 0 Å². The van der Waals surface area contributed by atoms with Crippen LogP contribution in [0.15, 0.2) is 23.8 Å². The van der Waals surface area contributed by atoms with Gasteiger partial charge < -0.3 is 5.11 Å². The summed E-state index contributed by atoms with van der Waals surface area (Å²) >= 11 is 5.89. The minimum atomic E-state index is 0.0889. The molecule has 1 rings (SSSR count). The van der Waals surface area contributed by atoms with E-state index < -0.39 is 0 Å². The van der Waals surface area contributed by atoms with Crippen LogP contribution in [0.3, 0.4) is 0 Å². The summed E-state index contributed by atoms with van der Waals surface area (Å²) < 4.78 is 0. The molecular formula is C11H13ClO. The standard InChI is InChI=1S/C11H13ClO/c1-8-3-10(4-9(2)7-13)6-11(12)5-8/h3-6,13H,7H2,1-2H3/b9-4-. The first-order valence-electron chi connectivity index (χ1n) is 4.17. The molecule has 1 N–H and O–H groups in total. The van der Waals surface area contributed by atoms with Crippen LogP contribution in [0.1, 0.15) is 18.1 Å². The largest absolute Gasteiger partial charge is 0.392 e. The molecule has 0 bridgehead atoms.